The number of ether oxygens (including phenoxy) is 1. The fraction of sp³-hybridized carbons (Fsp3) is 0.200. The van der Waals surface area contributed by atoms with Gasteiger partial charge in [-0.2, -0.15) is 9.37 Å². The molecule has 0 aliphatic rings. The predicted octanol–water partition coefficient (Wildman–Crippen LogP) is 5.10. The van der Waals surface area contributed by atoms with E-state index in [9.17, 15) is 9.18 Å². The normalized spacial score (nSPS) is 12.0. The van der Waals surface area contributed by atoms with Crippen molar-refractivity contribution in [3.63, 3.8) is 0 Å². The zero-order valence-electron chi connectivity index (χ0n) is 12.4. The molecule has 2 rings (SSSR count). The van der Waals surface area contributed by atoms with Crippen LogP contribution in [-0.4, -0.2) is 16.2 Å². The van der Waals surface area contributed by atoms with Crippen molar-refractivity contribution in [1.29, 1.82) is 0 Å². The van der Waals surface area contributed by atoms with Crippen LogP contribution in [0.1, 0.15) is 12.5 Å². The molecule has 0 aliphatic heterocycles. The van der Waals surface area contributed by atoms with E-state index in [1.807, 2.05) is 24.3 Å². The third-order valence-electron chi connectivity index (χ3n) is 2.96. The lowest BCUT2D eigenvalue weighted by atomic mass is 10.2. The largest absolute Gasteiger partial charge is 0.464 e. The van der Waals surface area contributed by atoms with Gasteiger partial charge >= 0.3 is 0 Å². The summed E-state index contributed by atoms with van der Waals surface area (Å²) in [6, 6.07) is 7.60. The van der Waals surface area contributed by atoms with Gasteiger partial charge in [-0.3, -0.25) is 4.79 Å². The van der Waals surface area contributed by atoms with Crippen LogP contribution in [0.4, 0.5) is 10.1 Å². The van der Waals surface area contributed by atoms with Crippen LogP contribution >= 0.6 is 50.9 Å². The van der Waals surface area contributed by atoms with Crippen molar-refractivity contribution >= 4 is 61.7 Å². The average Bonchev–Trinajstić information content (AvgIpc) is 2.56. The summed E-state index contributed by atoms with van der Waals surface area (Å²) in [5.74, 6) is -0.783. The van der Waals surface area contributed by atoms with Gasteiger partial charge in [-0.05, 0) is 24.6 Å². The highest BCUT2D eigenvalue weighted by Gasteiger charge is 2.21. The van der Waals surface area contributed by atoms with Crippen LogP contribution in [-0.2, 0) is 10.5 Å². The minimum atomic E-state index is -1.00. The van der Waals surface area contributed by atoms with Gasteiger partial charge < -0.3 is 10.5 Å². The Morgan fingerprint density at radius 1 is 1.38 bits per heavy atom. The van der Waals surface area contributed by atoms with E-state index in [2.05, 4.69) is 20.9 Å². The summed E-state index contributed by atoms with van der Waals surface area (Å²) in [6.07, 6.45) is -0.879. The van der Waals surface area contributed by atoms with Gasteiger partial charge in [-0.1, -0.05) is 63.0 Å². The number of anilines is 1. The molecule has 0 aliphatic carbocycles. The lowest BCUT2D eigenvalue weighted by Crippen LogP contribution is -2.22. The van der Waals surface area contributed by atoms with E-state index in [-0.39, 0.29) is 26.7 Å². The molecular weight excluding hydrogens is 442 g/mol. The summed E-state index contributed by atoms with van der Waals surface area (Å²) in [6.45, 7) is 1.53. The molecule has 1 aromatic carbocycles. The minimum absolute atomic E-state index is 0.126. The fourth-order valence-corrected chi connectivity index (χ4v) is 3.07. The number of rotatable bonds is 5. The summed E-state index contributed by atoms with van der Waals surface area (Å²) in [7, 11) is 0. The van der Waals surface area contributed by atoms with Gasteiger partial charge in [0.25, 0.3) is 0 Å². The van der Waals surface area contributed by atoms with Gasteiger partial charge in [0.05, 0.1) is 5.69 Å². The molecule has 128 valence electrons. The molecule has 4 nitrogen and oxygen atoms in total. The molecule has 9 heteroatoms. The Labute approximate surface area is 161 Å². The smallest absolute Gasteiger partial charge is 0.238 e. The maximum atomic E-state index is 13.5. The van der Waals surface area contributed by atoms with Crippen molar-refractivity contribution < 1.29 is 13.9 Å². The molecule has 1 atom stereocenters. The van der Waals surface area contributed by atoms with Crippen LogP contribution in [0.15, 0.2) is 28.7 Å². The van der Waals surface area contributed by atoms with Crippen LogP contribution < -0.4 is 10.5 Å². The standard InChI is InChI=1S/C15H12BrCl2FN2O2S/c1-7(15(22)24-6-8-2-4-9(16)5-3-8)23-14-11(18)12(20)10(17)13(19)21-14/h2-5,7H,6H2,1H3,(H2,20,21)/t7-/m1/s1. The van der Waals surface area contributed by atoms with Crippen LogP contribution in [0.25, 0.3) is 0 Å². The fourth-order valence-electron chi connectivity index (χ4n) is 1.66. The lowest BCUT2D eigenvalue weighted by Gasteiger charge is -2.15. The summed E-state index contributed by atoms with van der Waals surface area (Å²) in [5, 5.41) is -0.750. The van der Waals surface area contributed by atoms with Crippen molar-refractivity contribution in [2.45, 2.75) is 18.8 Å². The maximum absolute atomic E-state index is 13.5. The topological polar surface area (TPSA) is 65.2 Å². The van der Waals surface area contributed by atoms with E-state index in [4.69, 9.17) is 33.7 Å². The Bertz CT molecular complexity index is 762. The number of aromatic nitrogens is 1. The Morgan fingerprint density at radius 3 is 2.62 bits per heavy atom. The highest BCUT2D eigenvalue weighted by molar-refractivity contribution is 9.10. The molecule has 0 saturated heterocycles. The van der Waals surface area contributed by atoms with Crippen LogP contribution in [0.2, 0.25) is 10.0 Å². The van der Waals surface area contributed by atoms with Crippen molar-refractivity contribution in [3.05, 3.63) is 50.3 Å². The van der Waals surface area contributed by atoms with Gasteiger partial charge in [0, 0.05) is 10.2 Å². The lowest BCUT2D eigenvalue weighted by molar-refractivity contribution is -0.116. The molecule has 1 aromatic heterocycles. The molecule has 0 radical (unpaired) electrons. The first kappa shape index (κ1) is 19.3. The van der Waals surface area contributed by atoms with Crippen molar-refractivity contribution in [3.8, 4) is 5.88 Å². The number of benzene rings is 1. The van der Waals surface area contributed by atoms with Gasteiger partial charge in [0.1, 0.15) is 10.0 Å². The molecule has 0 saturated carbocycles. The molecule has 0 amide bonds. The van der Waals surface area contributed by atoms with Crippen LogP contribution in [0.3, 0.4) is 0 Å². The van der Waals surface area contributed by atoms with E-state index in [1.165, 1.54) is 6.92 Å². The molecule has 0 unspecified atom stereocenters. The second-order valence-electron chi connectivity index (χ2n) is 4.74. The molecule has 24 heavy (non-hydrogen) atoms. The van der Waals surface area contributed by atoms with E-state index < -0.39 is 12.1 Å². The quantitative estimate of drug-likeness (QED) is 0.638. The Morgan fingerprint density at radius 2 is 2.00 bits per heavy atom. The van der Waals surface area contributed by atoms with Gasteiger partial charge in [-0.25, -0.2) is 0 Å². The number of halogens is 4. The zero-order valence-corrected chi connectivity index (χ0v) is 16.3. The van der Waals surface area contributed by atoms with E-state index in [1.54, 1.807) is 0 Å². The van der Waals surface area contributed by atoms with Crippen molar-refractivity contribution in [2.75, 3.05) is 5.73 Å². The molecule has 1 heterocycles. The van der Waals surface area contributed by atoms with Crippen LogP contribution in [0, 0.1) is 5.95 Å². The second kappa shape index (κ2) is 8.38. The number of thioether (sulfide) groups is 1. The summed E-state index contributed by atoms with van der Waals surface area (Å²) in [4.78, 5) is 15.6. The van der Waals surface area contributed by atoms with Gasteiger partial charge in [0.2, 0.25) is 16.9 Å². The summed E-state index contributed by atoms with van der Waals surface area (Å²) < 4.78 is 19.8. The number of carbonyl (C=O) groups excluding carboxylic acids is 1. The minimum Gasteiger partial charge on any atom is -0.464 e. The molecular formula is C15H12BrCl2FN2O2S. The zero-order chi connectivity index (χ0) is 17.9. The molecule has 0 fully saturated rings. The molecule has 2 aromatic rings. The molecule has 0 bridgehead atoms. The number of carbonyl (C=O) groups is 1. The number of hydrogen-bond donors (Lipinski definition) is 1. The number of nitrogens with zero attached hydrogens (tertiary/aromatic N) is 1. The highest BCUT2D eigenvalue weighted by Crippen LogP contribution is 2.36. The number of nitrogen functional groups attached to an aromatic ring is 1. The van der Waals surface area contributed by atoms with Gasteiger partial charge in [-0.15, -0.1) is 0 Å². The third kappa shape index (κ3) is 4.75. The summed E-state index contributed by atoms with van der Waals surface area (Å²) >= 11 is 16.0. The van der Waals surface area contributed by atoms with E-state index in [0.29, 0.717) is 5.75 Å². The Hall–Kier alpha value is -1.02. The number of nitrogens with two attached hydrogens (primary N) is 1. The molecule has 2 N–H and O–H groups in total. The third-order valence-corrected chi connectivity index (χ3v) is 5.30. The Kier molecular flexibility index (Phi) is 6.74. The maximum Gasteiger partial charge on any atom is 0.238 e. The second-order valence-corrected chi connectivity index (χ2v) is 7.39. The SMILES string of the molecule is C[C@@H](Oc1nc(F)c(Cl)c(N)c1Cl)C(=O)SCc1ccc(Br)cc1. The van der Waals surface area contributed by atoms with Crippen molar-refractivity contribution in [1.82, 2.24) is 4.98 Å². The average molecular weight is 454 g/mol. The first-order valence-electron chi connectivity index (χ1n) is 6.67. The van der Waals surface area contributed by atoms with E-state index >= 15 is 0 Å². The van der Waals surface area contributed by atoms with E-state index in [0.717, 1.165) is 21.8 Å². The number of pyridine rings is 1. The van der Waals surface area contributed by atoms with Gasteiger partial charge in [0.15, 0.2) is 6.10 Å². The first-order valence-corrected chi connectivity index (χ1v) is 9.20. The first-order chi connectivity index (χ1) is 11.3. The predicted molar refractivity (Wildman–Crippen MR) is 99.2 cm³/mol. The number of hydrogen-bond acceptors (Lipinski definition) is 5. The monoisotopic (exact) mass is 452 g/mol. The Balaban J connectivity index is 2.00. The summed E-state index contributed by atoms with van der Waals surface area (Å²) in [5.41, 5.74) is 6.37. The highest BCUT2D eigenvalue weighted by atomic mass is 79.9. The molecule has 0 spiro atoms. The van der Waals surface area contributed by atoms with Crippen LogP contribution in [0.5, 0.6) is 5.88 Å². The van der Waals surface area contributed by atoms with Crippen molar-refractivity contribution in [2.24, 2.45) is 0 Å².